The summed E-state index contributed by atoms with van der Waals surface area (Å²) < 4.78 is 0. The van der Waals surface area contributed by atoms with E-state index in [2.05, 4.69) is 20.1 Å². The number of hydrogen-bond donors (Lipinski definition) is 2. The molecule has 2 aromatic rings. The number of nitrogens with zero attached hydrogens (tertiary/aromatic N) is 3. The van der Waals surface area contributed by atoms with E-state index in [1.807, 2.05) is 18.2 Å². The van der Waals surface area contributed by atoms with Crippen molar-refractivity contribution < 1.29 is 9.59 Å². The number of amides is 2. The zero-order chi connectivity index (χ0) is 17.6. The van der Waals surface area contributed by atoms with Crippen LogP contribution in [-0.2, 0) is 11.3 Å². The SMILES string of the molecule is NC(=O)c1ccsc1NC(=O)CN1CCN(Cc2ccccn2)CC1. The number of piperazine rings is 1. The normalized spacial score (nSPS) is 15.8. The molecule has 0 aromatic carbocycles. The molecule has 0 radical (unpaired) electrons. The van der Waals surface area contributed by atoms with Gasteiger partial charge in [0.05, 0.1) is 17.8 Å². The van der Waals surface area contributed by atoms with Crippen molar-refractivity contribution in [3.63, 3.8) is 0 Å². The van der Waals surface area contributed by atoms with Crippen molar-refractivity contribution in [1.82, 2.24) is 14.8 Å². The Morgan fingerprint density at radius 1 is 1.16 bits per heavy atom. The van der Waals surface area contributed by atoms with Gasteiger partial charge in [-0.05, 0) is 23.6 Å². The van der Waals surface area contributed by atoms with Gasteiger partial charge in [-0.25, -0.2) is 0 Å². The van der Waals surface area contributed by atoms with Gasteiger partial charge in [0.15, 0.2) is 0 Å². The molecule has 3 N–H and O–H groups in total. The lowest BCUT2D eigenvalue weighted by Crippen LogP contribution is -2.48. The highest BCUT2D eigenvalue weighted by Gasteiger charge is 2.20. The molecule has 1 aliphatic rings. The first-order valence-electron chi connectivity index (χ1n) is 8.13. The molecule has 25 heavy (non-hydrogen) atoms. The smallest absolute Gasteiger partial charge is 0.251 e. The first-order chi connectivity index (χ1) is 12.1. The third-order valence-electron chi connectivity index (χ3n) is 4.13. The first kappa shape index (κ1) is 17.5. The van der Waals surface area contributed by atoms with Crippen LogP contribution in [0.15, 0.2) is 35.8 Å². The van der Waals surface area contributed by atoms with E-state index in [1.165, 1.54) is 11.3 Å². The highest BCUT2D eigenvalue weighted by Crippen LogP contribution is 2.22. The fraction of sp³-hybridized carbons (Fsp3) is 0.353. The number of rotatable bonds is 6. The minimum absolute atomic E-state index is 0.122. The van der Waals surface area contributed by atoms with Crippen LogP contribution in [0.4, 0.5) is 5.00 Å². The summed E-state index contributed by atoms with van der Waals surface area (Å²) >= 11 is 1.30. The van der Waals surface area contributed by atoms with Gasteiger partial charge < -0.3 is 11.1 Å². The number of primary amides is 1. The van der Waals surface area contributed by atoms with Crippen molar-refractivity contribution >= 4 is 28.2 Å². The summed E-state index contributed by atoms with van der Waals surface area (Å²) in [4.78, 5) is 32.3. The number of anilines is 1. The van der Waals surface area contributed by atoms with E-state index in [0.29, 0.717) is 17.1 Å². The molecule has 3 rings (SSSR count). The molecule has 0 spiro atoms. The number of carbonyl (C=O) groups is 2. The molecule has 8 heteroatoms. The van der Waals surface area contributed by atoms with Gasteiger partial charge in [-0.15, -0.1) is 11.3 Å². The predicted molar refractivity (Wildman–Crippen MR) is 97.4 cm³/mol. The van der Waals surface area contributed by atoms with E-state index in [4.69, 9.17) is 5.73 Å². The fourth-order valence-electron chi connectivity index (χ4n) is 2.80. The summed E-state index contributed by atoms with van der Waals surface area (Å²) in [6.45, 7) is 4.59. The second-order valence-electron chi connectivity index (χ2n) is 5.95. The largest absolute Gasteiger partial charge is 0.366 e. The van der Waals surface area contributed by atoms with Crippen LogP contribution < -0.4 is 11.1 Å². The Morgan fingerprint density at radius 2 is 1.92 bits per heavy atom. The summed E-state index contributed by atoms with van der Waals surface area (Å²) in [5, 5.41) is 5.05. The Hall–Kier alpha value is -2.29. The van der Waals surface area contributed by atoms with Crippen LogP contribution >= 0.6 is 11.3 Å². The van der Waals surface area contributed by atoms with Crippen LogP contribution in [-0.4, -0.2) is 59.3 Å². The molecule has 0 atom stereocenters. The number of nitrogens with one attached hydrogen (secondary N) is 1. The number of hydrogen-bond acceptors (Lipinski definition) is 6. The average molecular weight is 359 g/mol. The van der Waals surface area contributed by atoms with Gasteiger partial charge >= 0.3 is 0 Å². The molecule has 0 saturated carbocycles. The molecule has 1 fully saturated rings. The Labute approximate surface area is 150 Å². The lowest BCUT2D eigenvalue weighted by atomic mass is 10.2. The standard InChI is InChI=1S/C17H21N5O2S/c18-16(24)14-4-10-25-17(14)20-15(23)12-22-8-6-21(7-9-22)11-13-3-1-2-5-19-13/h1-5,10H,6-9,11-12H2,(H2,18,24)(H,20,23). The Kier molecular flexibility index (Phi) is 5.75. The molecule has 0 aliphatic carbocycles. The molecule has 1 aliphatic heterocycles. The van der Waals surface area contributed by atoms with Gasteiger partial charge in [-0.2, -0.15) is 0 Å². The second-order valence-corrected chi connectivity index (χ2v) is 6.87. The van der Waals surface area contributed by atoms with Crippen LogP contribution in [0.25, 0.3) is 0 Å². The van der Waals surface area contributed by atoms with E-state index >= 15 is 0 Å². The first-order valence-corrected chi connectivity index (χ1v) is 9.01. The minimum Gasteiger partial charge on any atom is -0.366 e. The molecular formula is C17H21N5O2S. The summed E-state index contributed by atoms with van der Waals surface area (Å²) in [6, 6.07) is 7.56. The van der Waals surface area contributed by atoms with E-state index in [9.17, 15) is 9.59 Å². The molecule has 2 amide bonds. The lowest BCUT2D eigenvalue weighted by molar-refractivity contribution is -0.117. The van der Waals surface area contributed by atoms with Gasteiger partial charge in [0, 0.05) is 38.9 Å². The van der Waals surface area contributed by atoms with Crippen LogP contribution in [0.5, 0.6) is 0 Å². The number of aromatic nitrogens is 1. The van der Waals surface area contributed by atoms with Gasteiger partial charge in [-0.3, -0.25) is 24.4 Å². The lowest BCUT2D eigenvalue weighted by Gasteiger charge is -2.34. The van der Waals surface area contributed by atoms with Crippen molar-refractivity contribution in [3.8, 4) is 0 Å². The highest BCUT2D eigenvalue weighted by atomic mass is 32.1. The number of pyridine rings is 1. The zero-order valence-corrected chi connectivity index (χ0v) is 14.7. The number of thiophene rings is 1. The highest BCUT2D eigenvalue weighted by molar-refractivity contribution is 7.14. The summed E-state index contributed by atoms with van der Waals surface area (Å²) in [6.07, 6.45) is 1.81. The Balaban J connectivity index is 1.45. The molecule has 2 aromatic heterocycles. The number of nitrogens with two attached hydrogens (primary N) is 1. The summed E-state index contributed by atoms with van der Waals surface area (Å²) in [7, 11) is 0. The molecule has 3 heterocycles. The van der Waals surface area contributed by atoms with Crippen molar-refractivity contribution in [1.29, 1.82) is 0 Å². The van der Waals surface area contributed by atoms with Gasteiger partial charge in [0.2, 0.25) is 5.91 Å². The van der Waals surface area contributed by atoms with Crippen LogP contribution in [0, 0.1) is 0 Å². The van der Waals surface area contributed by atoms with Crippen LogP contribution in [0.2, 0.25) is 0 Å². The van der Waals surface area contributed by atoms with Crippen molar-refractivity contribution in [2.45, 2.75) is 6.54 Å². The van der Waals surface area contributed by atoms with Gasteiger partial charge in [0.1, 0.15) is 5.00 Å². The monoisotopic (exact) mass is 359 g/mol. The van der Waals surface area contributed by atoms with E-state index in [-0.39, 0.29) is 5.91 Å². The van der Waals surface area contributed by atoms with Gasteiger partial charge in [-0.1, -0.05) is 6.07 Å². The minimum atomic E-state index is -0.528. The average Bonchev–Trinajstić information content (AvgIpc) is 3.06. The molecular weight excluding hydrogens is 338 g/mol. The molecule has 0 unspecified atom stereocenters. The molecule has 0 bridgehead atoms. The van der Waals surface area contributed by atoms with E-state index < -0.39 is 5.91 Å². The second kappa shape index (κ2) is 8.19. The molecule has 7 nitrogen and oxygen atoms in total. The molecule has 132 valence electrons. The fourth-order valence-corrected chi connectivity index (χ4v) is 3.60. The Morgan fingerprint density at radius 3 is 2.60 bits per heavy atom. The quantitative estimate of drug-likeness (QED) is 0.803. The maximum atomic E-state index is 12.2. The van der Waals surface area contributed by atoms with E-state index in [0.717, 1.165) is 38.4 Å². The summed E-state index contributed by atoms with van der Waals surface area (Å²) in [5.41, 5.74) is 6.71. The van der Waals surface area contributed by atoms with Crippen molar-refractivity contribution in [3.05, 3.63) is 47.1 Å². The topological polar surface area (TPSA) is 91.6 Å². The maximum Gasteiger partial charge on any atom is 0.251 e. The third kappa shape index (κ3) is 4.85. The molecule has 1 saturated heterocycles. The van der Waals surface area contributed by atoms with E-state index in [1.54, 1.807) is 17.6 Å². The Bertz CT molecular complexity index is 726. The van der Waals surface area contributed by atoms with Crippen molar-refractivity contribution in [2.75, 3.05) is 38.0 Å². The summed E-state index contributed by atoms with van der Waals surface area (Å²) in [5.74, 6) is -0.650. The zero-order valence-electron chi connectivity index (χ0n) is 13.9. The van der Waals surface area contributed by atoms with Crippen LogP contribution in [0.1, 0.15) is 16.1 Å². The number of carbonyl (C=O) groups excluding carboxylic acids is 2. The predicted octanol–water partition coefficient (Wildman–Crippen LogP) is 0.998. The van der Waals surface area contributed by atoms with Crippen LogP contribution in [0.3, 0.4) is 0 Å². The third-order valence-corrected chi connectivity index (χ3v) is 4.96. The van der Waals surface area contributed by atoms with Gasteiger partial charge in [0.25, 0.3) is 5.91 Å². The van der Waals surface area contributed by atoms with Crippen molar-refractivity contribution in [2.24, 2.45) is 5.73 Å². The maximum absolute atomic E-state index is 12.2.